The number of fused-ring (bicyclic) bond motifs is 1. The summed E-state index contributed by atoms with van der Waals surface area (Å²) in [4.78, 5) is 0. The van der Waals surface area contributed by atoms with E-state index in [1.54, 1.807) is 0 Å². The van der Waals surface area contributed by atoms with Crippen LogP contribution >= 0.6 is 0 Å². The van der Waals surface area contributed by atoms with Gasteiger partial charge >= 0.3 is 0 Å². The van der Waals surface area contributed by atoms with Crippen LogP contribution in [0.5, 0.6) is 0 Å². The Hall–Kier alpha value is -0.420. The molecule has 0 saturated carbocycles. The zero-order valence-corrected chi connectivity index (χ0v) is 11.0. The van der Waals surface area contributed by atoms with Gasteiger partial charge in [-0.25, -0.2) is 0 Å². The van der Waals surface area contributed by atoms with Crippen molar-refractivity contribution in [2.75, 3.05) is 13.2 Å². The molecule has 0 amide bonds. The smallest absolute Gasteiger partial charge is 0.164 e. The fourth-order valence-corrected chi connectivity index (χ4v) is 2.45. The minimum Gasteiger partial charge on any atom is -0.372 e. The molecule has 4 atom stereocenters. The summed E-state index contributed by atoms with van der Waals surface area (Å²) in [5.74, 6) is -0.563. The first-order chi connectivity index (χ1) is 8.07. The van der Waals surface area contributed by atoms with Crippen LogP contribution in [0.2, 0.25) is 0 Å². The molecular formula is C13H22O4. The van der Waals surface area contributed by atoms with Crippen LogP contribution in [0.3, 0.4) is 0 Å². The van der Waals surface area contributed by atoms with Crippen LogP contribution < -0.4 is 0 Å². The minimum absolute atomic E-state index is 0.0384. The van der Waals surface area contributed by atoms with E-state index in [4.69, 9.17) is 18.9 Å². The highest BCUT2D eigenvalue weighted by Crippen LogP contribution is 2.36. The van der Waals surface area contributed by atoms with E-state index in [2.05, 4.69) is 0 Å². The van der Waals surface area contributed by atoms with Crippen molar-refractivity contribution in [1.82, 2.24) is 0 Å². The Labute approximate surface area is 103 Å². The quantitative estimate of drug-likeness (QED) is 0.705. The van der Waals surface area contributed by atoms with E-state index in [0.717, 1.165) is 0 Å². The molecule has 1 aliphatic carbocycles. The standard InChI is InChI=1S/C13H22O4/c1-5-14-9-7-8-10(15-6-2)12-11(9)16-13(3,4)17-12/h7-12H,5-6H2,1-4H3/t9-,10-,11-,12-/m0/s1. The van der Waals surface area contributed by atoms with Crippen molar-refractivity contribution in [3.8, 4) is 0 Å². The number of hydrogen-bond donors (Lipinski definition) is 0. The van der Waals surface area contributed by atoms with Gasteiger partial charge in [-0.05, 0) is 27.7 Å². The molecule has 0 unspecified atom stereocenters. The third-order valence-corrected chi connectivity index (χ3v) is 3.02. The van der Waals surface area contributed by atoms with Gasteiger partial charge in [0.05, 0.1) is 0 Å². The average molecular weight is 242 g/mol. The topological polar surface area (TPSA) is 36.9 Å². The molecule has 98 valence electrons. The van der Waals surface area contributed by atoms with Crippen molar-refractivity contribution in [2.24, 2.45) is 0 Å². The Morgan fingerprint density at radius 2 is 1.35 bits per heavy atom. The predicted molar refractivity (Wildman–Crippen MR) is 63.8 cm³/mol. The lowest BCUT2D eigenvalue weighted by Crippen LogP contribution is -2.46. The van der Waals surface area contributed by atoms with Crippen molar-refractivity contribution in [3.05, 3.63) is 12.2 Å². The Balaban J connectivity index is 2.14. The summed E-state index contributed by atoms with van der Waals surface area (Å²) in [7, 11) is 0. The second-order valence-corrected chi connectivity index (χ2v) is 4.79. The SMILES string of the molecule is CCO[C@H]1C=C[C@H](OCC)[C@@H]2OC(C)(C)O[C@H]21. The monoisotopic (exact) mass is 242 g/mol. The van der Waals surface area contributed by atoms with Gasteiger partial charge in [0.1, 0.15) is 24.4 Å². The minimum atomic E-state index is -0.563. The zero-order valence-electron chi connectivity index (χ0n) is 11.0. The first kappa shape index (κ1) is 13.0. The van der Waals surface area contributed by atoms with E-state index in [1.165, 1.54) is 0 Å². The summed E-state index contributed by atoms with van der Waals surface area (Å²) >= 11 is 0. The third kappa shape index (κ3) is 2.71. The normalized spacial score (nSPS) is 39.3. The maximum Gasteiger partial charge on any atom is 0.164 e. The van der Waals surface area contributed by atoms with Crippen molar-refractivity contribution in [2.45, 2.75) is 57.9 Å². The number of rotatable bonds is 4. The molecule has 0 aromatic rings. The highest BCUT2D eigenvalue weighted by atomic mass is 16.8. The third-order valence-electron chi connectivity index (χ3n) is 3.02. The van der Waals surface area contributed by atoms with E-state index in [-0.39, 0.29) is 24.4 Å². The summed E-state index contributed by atoms with van der Waals surface area (Å²) in [6.45, 7) is 9.16. The van der Waals surface area contributed by atoms with Crippen LogP contribution in [0.25, 0.3) is 0 Å². The first-order valence-corrected chi connectivity index (χ1v) is 6.34. The summed E-state index contributed by atoms with van der Waals surface area (Å²) in [5.41, 5.74) is 0. The molecule has 0 aromatic heterocycles. The largest absolute Gasteiger partial charge is 0.372 e. The van der Waals surface area contributed by atoms with E-state index in [1.807, 2.05) is 39.8 Å². The highest BCUT2D eigenvalue weighted by molar-refractivity contribution is 5.12. The Morgan fingerprint density at radius 3 is 1.71 bits per heavy atom. The van der Waals surface area contributed by atoms with Gasteiger partial charge in [0.25, 0.3) is 0 Å². The van der Waals surface area contributed by atoms with Gasteiger partial charge in [0.15, 0.2) is 5.79 Å². The van der Waals surface area contributed by atoms with Crippen molar-refractivity contribution >= 4 is 0 Å². The summed E-state index contributed by atoms with van der Waals surface area (Å²) < 4.78 is 23.2. The zero-order chi connectivity index (χ0) is 12.5. The van der Waals surface area contributed by atoms with Crippen LogP contribution in [0.15, 0.2) is 12.2 Å². The Bertz CT molecular complexity index is 261. The second kappa shape index (κ2) is 5.06. The average Bonchev–Trinajstić information content (AvgIpc) is 2.58. The molecule has 2 aliphatic rings. The summed E-state index contributed by atoms with van der Waals surface area (Å²) in [6.07, 6.45) is 3.82. The fraction of sp³-hybridized carbons (Fsp3) is 0.846. The maximum atomic E-state index is 5.92. The Kier molecular flexibility index (Phi) is 3.88. The van der Waals surface area contributed by atoms with Gasteiger partial charge in [0.2, 0.25) is 0 Å². The highest BCUT2D eigenvalue weighted by Gasteiger charge is 2.50. The lowest BCUT2D eigenvalue weighted by Gasteiger charge is -2.31. The number of ether oxygens (including phenoxy) is 4. The van der Waals surface area contributed by atoms with Crippen LogP contribution in [-0.2, 0) is 18.9 Å². The molecular weight excluding hydrogens is 220 g/mol. The molecule has 1 saturated heterocycles. The van der Waals surface area contributed by atoms with Crippen molar-refractivity contribution < 1.29 is 18.9 Å². The molecule has 1 aliphatic heterocycles. The molecule has 1 heterocycles. The first-order valence-electron chi connectivity index (χ1n) is 6.34. The maximum absolute atomic E-state index is 5.92. The van der Waals surface area contributed by atoms with Crippen molar-refractivity contribution in [1.29, 1.82) is 0 Å². The molecule has 2 rings (SSSR count). The van der Waals surface area contributed by atoms with Crippen LogP contribution in [0, 0.1) is 0 Å². The van der Waals surface area contributed by atoms with Crippen LogP contribution in [0.4, 0.5) is 0 Å². The Morgan fingerprint density at radius 1 is 0.941 bits per heavy atom. The van der Waals surface area contributed by atoms with E-state index in [9.17, 15) is 0 Å². The lowest BCUT2D eigenvalue weighted by molar-refractivity contribution is -0.159. The van der Waals surface area contributed by atoms with Gasteiger partial charge in [-0.15, -0.1) is 0 Å². The van der Waals surface area contributed by atoms with Crippen molar-refractivity contribution in [3.63, 3.8) is 0 Å². The van der Waals surface area contributed by atoms with Gasteiger partial charge in [-0.2, -0.15) is 0 Å². The molecule has 17 heavy (non-hydrogen) atoms. The molecule has 0 aromatic carbocycles. The molecule has 0 radical (unpaired) electrons. The molecule has 0 N–H and O–H groups in total. The van der Waals surface area contributed by atoms with Gasteiger partial charge < -0.3 is 18.9 Å². The van der Waals surface area contributed by atoms with Crippen LogP contribution in [-0.4, -0.2) is 43.4 Å². The fourth-order valence-electron chi connectivity index (χ4n) is 2.45. The predicted octanol–water partition coefficient (Wildman–Crippen LogP) is 1.89. The van der Waals surface area contributed by atoms with Gasteiger partial charge in [-0.1, -0.05) is 12.2 Å². The van der Waals surface area contributed by atoms with E-state index < -0.39 is 5.79 Å². The van der Waals surface area contributed by atoms with Gasteiger partial charge in [-0.3, -0.25) is 0 Å². The summed E-state index contributed by atoms with van der Waals surface area (Å²) in [5, 5.41) is 0. The molecule has 0 spiro atoms. The van der Waals surface area contributed by atoms with Gasteiger partial charge in [0, 0.05) is 13.2 Å². The molecule has 4 nitrogen and oxygen atoms in total. The second-order valence-electron chi connectivity index (χ2n) is 4.79. The van der Waals surface area contributed by atoms with E-state index >= 15 is 0 Å². The van der Waals surface area contributed by atoms with Crippen LogP contribution in [0.1, 0.15) is 27.7 Å². The lowest BCUT2D eigenvalue weighted by atomic mass is 9.96. The van der Waals surface area contributed by atoms with E-state index in [0.29, 0.717) is 13.2 Å². The molecule has 0 bridgehead atoms. The molecule has 4 heteroatoms. The summed E-state index contributed by atoms with van der Waals surface area (Å²) in [6, 6.07) is 0. The number of hydrogen-bond acceptors (Lipinski definition) is 4. The molecule has 1 fully saturated rings.